The molecule has 1 saturated heterocycles. The minimum atomic E-state index is -3.15. The Bertz CT molecular complexity index is 631. The summed E-state index contributed by atoms with van der Waals surface area (Å²) < 4.78 is 49.7. The Morgan fingerprint density at radius 3 is 2.65 bits per heavy atom. The van der Waals surface area contributed by atoms with Crippen molar-refractivity contribution in [3.8, 4) is 0 Å². The standard InChI is InChI=1S/C13H15F2NO3S/c1-2-16(10-5-6-20(18,19)8-10)13(17)11-7-9(14)3-4-12(11)15/h3-4,7,10H,2,5-6,8H2,1H3. The molecule has 7 heteroatoms. The maximum Gasteiger partial charge on any atom is 0.257 e. The molecule has 1 amide bonds. The smallest absolute Gasteiger partial charge is 0.257 e. The van der Waals surface area contributed by atoms with E-state index in [9.17, 15) is 22.0 Å². The van der Waals surface area contributed by atoms with E-state index in [4.69, 9.17) is 0 Å². The molecule has 1 atom stereocenters. The van der Waals surface area contributed by atoms with Crippen molar-refractivity contribution in [3.05, 3.63) is 35.4 Å². The first-order chi connectivity index (χ1) is 9.34. The van der Waals surface area contributed by atoms with Crippen molar-refractivity contribution in [2.45, 2.75) is 19.4 Å². The number of hydrogen-bond donors (Lipinski definition) is 0. The highest BCUT2D eigenvalue weighted by Crippen LogP contribution is 2.21. The van der Waals surface area contributed by atoms with Gasteiger partial charge >= 0.3 is 0 Å². The normalized spacial score (nSPS) is 20.9. The summed E-state index contributed by atoms with van der Waals surface area (Å²) in [7, 11) is -3.15. The van der Waals surface area contributed by atoms with Gasteiger partial charge in [-0.25, -0.2) is 17.2 Å². The van der Waals surface area contributed by atoms with Gasteiger partial charge in [-0.1, -0.05) is 0 Å². The summed E-state index contributed by atoms with van der Waals surface area (Å²) in [6.45, 7) is 1.93. The largest absolute Gasteiger partial charge is 0.335 e. The summed E-state index contributed by atoms with van der Waals surface area (Å²) in [4.78, 5) is 13.6. The maximum absolute atomic E-state index is 13.6. The zero-order valence-corrected chi connectivity index (χ0v) is 11.8. The molecule has 1 heterocycles. The lowest BCUT2D eigenvalue weighted by atomic mass is 10.1. The van der Waals surface area contributed by atoms with Gasteiger partial charge in [0.05, 0.1) is 17.1 Å². The molecule has 0 spiro atoms. The van der Waals surface area contributed by atoms with E-state index < -0.39 is 33.4 Å². The van der Waals surface area contributed by atoms with Crippen LogP contribution in [0.3, 0.4) is 0 Å². The van der Waals surface area contributed by atoms with Crippen LogP contribution in [0.4, 0.5) is 8.78 Å². The highest BCUT2D eigenvalue weighted by Gasteiger charge is 2.34. The van der Waals surface area contributed by atoms with Gasteiger partial charge in [-0.3, -0.25) is 4.79 Å². The average Bonchev–Trinajstić information content (AvgIpc) is 2.73. The molecule has 1 aliphatic rings. The van der Waals surface area contributed by atoms with Crippen LogP contribution in [-0.2, 0) is 9.84 Å². The number of halogens is 2. The van der Waals surface area contributed by atoms with E-state index >= 15 is 0 Å². The quantitative estimate of drug-likeness (QED) is 0.852. The summed E-state index contributed by atoms with van der Waals surface area (Å²) in [5.41, 5.74) is -0.365. The first kappa shape index (κ1) is 14.9. The fourth-order valence-electron chi connectivity index (χ4n) is 2.40. The third kappa shape index (κ3) is 2.98. The molecule has 0 radical (unpaired) electrons. The Morgan fingerprint density at radius 1 is 1.40 bits per heavy atom. The second kappa shape index (κ2) is 5.47. The number of carbonyl (C=O) groups is 1. The Labute approximate surface area is 116 Å². The molecule has 1 aliphatic heterocycles. The maximum atomic E-state index is 13.6. The van der Waals surface area contributed by atoms with Crippen LogP contribution in [0, 0.1) is 11.6 Å². The number of carbonyl (C=O) groups excluding carboxylic acids is 1. The van der Waals surface area contributed by atoms with Gasteiger partial charge in [0.15, 0.2) is 9.84 Å². The van der Waals surface area contributed by atoms with Gasteiger partial charge in [-0.2, -0.15) is 0 Å². The lowest BCUT2D eigenvalue weighted by molar-refractivity contribution is 0.0703. The number of hydrogen-bond acceptors (Lipinski definition) is 3. The Kier molecular flexibility index (Phi) is 4.08. The number of amides is 1. The van der Waals surface area contributed by atoms with Crippen molar-refractivity contribution >= 4 is 15.7 Å². The van der Waals surface area contributed by atoms with Gasteiger partial charge in [-0.15, -0.1) is 0 Å². The Balaban J connectivity index is 2.28. The molecule has 2 rings (SSSR count). The molecule has 0 N–H and O–H groups in total. The topological polar surface area (TPSA) is 54.5 Å². The van der Waals surface area contributed by atoms with Crippen molar-refractivity contribution in [3.63, 3.8) is 0 Å². The monoisotopic (exact) mass is 303 g/mol. The molecule has 1 fully saturated rings. The van der Waals surface area contributed by atoms with Crippen molar-refractivity contribution in [1.29, 1.82) is 0 Å². The van der Waals surface area contributed by atoms with Crippen molar-refractivity contribution in [2.24, 2.45) is 0 Å². The fourth-order valence-corrected chi connectivity index (χ4v) is 4.14. The Morgan fingerprint density at radius 2 is 2.10 bits per heavy atom. The average molecular weight is 303 g/mol. The summed E-state index contributed by atoms with van der Waals surface area (Å²) >= 11 is 0. The highest BCUT2D eigenvalue weighted by atomic mass is 32.2. The fraction of sp³-hybridized carbons (Fsp3) is 0.462. The second-order valence-corrected chi connectivity index (χ2v) is 7.00. The number of benzene rings is 1. The van der Waals surface area contributed by atoms with E-state index in [-0.39, 0.29) is 23.6 Å². The van der Waals surface area contributed by atoms with Crippen LogP contribution >= 0.6 is 0 Å². The van der Waals surface area contributed by atoms with Crippen LogP contribution in [0.2, 0.25) is 0 Å². The third-order valence-electron chi connectivity index (χ3n) is 3.41. The van der Waals surface area contributed by atoms with Gasteiger partial charge in [-0.05, 0) is 31.5 Å². The number of sulfone groups is 1. The van der Waals surface area contributed by atoms with Crippen LogP contribution in [0.15, 0.2) is 18.2 Å². The molecule has 0 bridgehead atoms. The van der Waals surface area contributed by atoms with Crippen LogP contribution in [0.5, 0.6) is 0 Å². The van der Waals surface area contributed by atoms with E-state index in [2.05, 4.69) is 0 Å². The molecule has 20 heavy (non-hydrogen) atoms. The van der Waals surface area contributed by atoms with E-state index in [1.165, 1.54) is 4.90 Å². The van der Waals surface area contributed by atoms with E-state index in [1.54, 1.807) is 6.92 Å². The molecule has 0 aliphatic carbocycles. The van der Waals surface area contributed by atoms with E-state index in [1.807, 2.05) is 0 Å². The Hall–Kier alpha value is -1.50. The molecular formula is C13H15F2NO3S. The van der Waals surface area contributed by atoms with Gasteiger partial charge in [0.25, 0.3) is 5.91 Å². The summed E-state index contributed by atoms with van der Waals surface area (Å²) in [6, 6.07) is 2.19. The predicted molar refractivity (Wildman–Crippen MR) is 70.1 cm³/mol. The first-order valence-corrected chi connectivity index (χ1v) is 8.12. The molecule has 110 valence electrons. The molecular weight excluding hydrogens is 288 g/mol. The zero-order valence-electron chi connectivity index (χ0n) is 11.0. The first-order valence-electron chi connectivity index (χ1n) is 6.30. The SMILES string of the molecule is CCN(C(=O)c1cc(F)ccc1F)C1CCS(=O)(=O)C1. The van der Waals surface area contributed by atoms with Crippen molar-refractivity contribution in [1.82, 2.24) is 4.90 Å². The summed E-state index contributed by atoms with van der Waals surface area (Å²) in [6.07, 6.45) is 0.332. The number of rotatable bonds is 3. The molecule has 1 aromatic carbocycles. The second-order valence-electron chi connectivity index (χ2n) is 4.77. The van der Waals surface area contributed by atoms with Gasteiger partial charge in [0.2, 0.25) is 0 Å². The van der Waals surface area contributed by atoms with Crippen LogP contribution < -0.4 is 0 Å². The van der Waals surface area contributed by atoms with Crippen LogP contribution in [0.1, 0.15) is 23.7 Å². The molecule has 1 unspecified atom stereocenters. The van der Waals surface area contributed by atoms with Crippen molar-refractivity contribution < 1.29 is 22.0 Å². The predicted octanol–water partition coefficient (Wildman–Crippen LogP) is 1.61. The minimum Gasteiger partial charge on any atom is -0.335 e. The van der Waals surface area contributed by atoms with Gasteiger partial charge < -0.3 is 4.90 Å². The van der Waals surface area contributed by atoms with E-state index in [0.717, 1.165) is 18.2 Å². The summed E-state index contributed by atoms with van der Waals surface area (Å²) in [5, 5.41) is 0. The zero-order chi connectivity index (χ0) is 14.9. The van der Waals surface area contributed by atoms with Crippen molar-refractivity contribution in [2.75, 3.05) is 18.1 Å². The lowest BCUT2D eigenvalue weighted by Gasteiger charge is -2.27. The van der Waals surface area contributed by atoms with Crippen LogP contribution in [0.25, 0.3) is 0 Å². The van der Waals surface area contributed by atoms with Gasteiger partial charge in [0.1, 0.15) is 11.6 Å². The van der Waals surface area contributed by atoms with Gasteiger partial charge in [0, 0.05) is 12.6 Å². The molecule has 0 saturated carbocycles. The van der Waals surface area contributed by atoms with Crippen LogP contribution in [-0.4, -0.2) is 43.3 Å². The number of nitrogens with zero attached hydrogens (tertiary/aromatic N) is 1. The van der Waals surface area contributed by atoms with E-state index in [0.29, 0.717) is 6.42 Å². The lowest BCUT2D eigenvalue weighted by Crippen LogP contribution is -2.41. The molecule has 0 aromatic heterocycles. The third-order valence-corrected chi connectivity index (χ3v) is 5.16. The minimum absolute atomic E-state index is 0.0209. The molecule has 1 aromatic rings. The highest BCUT2D eigenvalue weighted by molar-refractivity contribution is 7.91. The summed E-state index contributed by atoms with van der Waals surface area (Å²) in [5.74, 6) is -2.29. The molecule has 4 nitrogen and oxygen atoms in total.